The Kier molecular flexibility index (Phi) is 4.41. The molecule has 6 nitrogen and oxygen atoms in total. The van der Waals surface area contributed by atoms with Gasteiger partial charge in [-0.05, 0) is 18.8 Å². The van der Waals surface area contributed by atoms with Crippen molar-refractivity contribution in [1.82, 2.24) is 9.21 Å². The van der Waals surface area contributed by atoms with E-state index in [0.29, 0.717) is 32.1 Å². The normalized spacial score (nSPS) is 33.1. The van der Waals surface area contributed by atoms with Crippen molar-refractivity contribution in [2.45, 2.75) is 38.1 Å². The van der Waals surface area contributed by atoms with Crippen LogP contribution in [-0.2, 0) is 14.8 Å². The zero-order valence-electron chi connectivity index (χ0n) is 12.3. The number of nitrogens with two attached hydrogens (primary N) is 1. The van der Waals surface area contributed by atoms with Crippen molar-refractivity contribution in [1.29, 1.82) is 0 Å². The fourth-order valence-corrected chi connectivity index (χ4v) is 4.15. The number of carbonyl (C=O) groups excluding carboxylic acids is 1. The lowest BCUT2D eigenvalue weighted by molar-refractivity contribution is -0.140. The molecule has 0 aromatic heterocycles. The molecule has 116 valence electrons. The van der Waals surface area contributed by atoms with Gasteiger partial charge in [-0.2, -0.15) is 4.31 Å². The average molecular weight is 303 g/mol. The van der Waals surface area contributed by atoms with Gasteiger partial charge in [-0.1, -0.05) is 19.8 Å². The first-order valence-electron chi connectivity index (χ1n) is 7.26. The van der Waals surface area contributed by atoms with Crippen LogP contribution in [0.15, 0.2) is 0 Å². The second-order valence-corrected chi connectivity index (χ2v) is 8.29. The Morgan fingerprint density at radius 2 is 1.85 bits per heavy atom. The maximum atomic E-state index is 12.6. The van der Waals surface area contributed by atoms with E-state index in [1.807, 2.05) is 0 Å². The van der Waals surface area contributed by atoms with Crippen LogP contribution in [0, 0.1) is 5.92 Å². The van der Waals surface area contributed by atoms with E-state index in [4.69, 9.17) is 5.73 Å². The summed E-state index contributed by atoms with van der Waals surface area (Å²) in [4.78, 5) is 14.3. The number of piperazine rings is 1. The van der Waals surface area contributed by atoms with E-state index in [9.17, 15) is 13.2 Å². The van der Waals surface area contributed by atoms with Crippen LogP contribution in [0.3, 0.4) is 0 Å². The number of amides is 1. The molecule has 2 fully saturated rings. The molecule has 2 unspecified atom stereocenters. The predicted octanol–water partition coefficient (Wildman–Crippen LogP) is -0.00220. The highest BCUT2D eigenvalue weighted by Crippen LogP contribution is 2.32. The van der Waals surface area contributed by atoms with Gasteiger partial charge in [0.1, 0.15) is 0 Å². The summed E-state index contributed by atoms with van der Waals surface area (Å²) in [7, 11) is -3.16. The first-order chi connectivity index (χ1) is 9.22. The molecule has 7 heteroatoms. The molecule has 1 saturated heterocycles. The summed E-state index contributed by atoms with van der Waals surface area (Å²) in [5.41, 5.74) is 5.58. The van der Waals surface area contributed by atoms with Crippen molar-refractivity contribution in [3.63, 3.8) is 0 Å². The van der Waals surface area contributed by atoms with E-state index < -0.39 is 15.6 Å². The molecule has 2 atom stereocenters. The Morgan fingerprint density at radius 1 is 1.25 bits per heavy atom. The molecule has 1 heterocycles. The summed E-state index contributed by atoms with van der Waals surface area (Å²) in [6, 6.07) is 0. The molecule has 0 spiro atoms. The second kappa shape index (κ2) is 5.61. The van der Waals surface area contributed by atoms with E-state index in [2.05, 4.69) is 6.92 Å². The van der Waals surface area contributed by atoms with E-state index in [1.165, 1.54) is 10.6 Å². The van der Waals surface area contributed by atoms with E-state index in [0.717, 1.165) is 25.7 Å². The van der Waals surface area contributed by atoms with Gasteiger partial charge in [-0.15, -0.1) is 0 Å². The number of nitrogens with zero attached hydrogens (tertiary/aromatic N) is 2. The number of sulfonamides is 1. The van der Waals surface area contributed by atoms with Crippen LogP contribution in [0.5, 0.6) is 0 Å². The van der Waals surface area contributed by atoms with Gasteiger partial charge in [0.05, 0.1) is 11.8 Å². The fraction of sp³-hybridized carbons (Fsp3) is 0.923. The van der Waals surface area contributed by atoms with Crippen molar-refractivity contribution >= 4 is 15.9 Å². The molecule has 0 aromatic carbocycles. The molecule has 1 saturated carbocycles. The molecule has 1 amide bonds. The number of carbonyl (C=O) groups is 1. The zero-order chi connectivity index (χ0) is 15.0. The molecular formula is C13H25N3O3S. The number of rotatable bonds is 2. The van der Waals surface area contributed by atoms with Crippen molar-refractivity contribution in [3.05, 3.63) is 0 Å². The van der Waals surface area contributed by atoms with Crippen molar-refractivity contribution in [2.24, 2.45) is 11.7 Å². The number of hydrogen-bond donors (Lipinski definition) is 1. The van der Waals surface area contributed by atoms with Crippen molar-refractivity contribution in [3.8, 4) is 0 Å². The quantitative estimate of drug-likeness (QED) is 0.778. The minimum atomic E-state index is -3.16. The lowest BCUT2D eigenvalue weighted by atomic mass is 9.76. The maximum absolute atomic E-state index is 12.6. The van der Waals surface area contributed by atoms with Gasteiger partial charge >= 0.3 is 0 Å². The Bertz CT molecular complexity index is 471. The topological polar surface area (TPSA) is 83.7 Å². The lowest BCUT2D eigenvalue weighted by Gasteiger charge is -2.41. The van der Waals surface area contributed by atoms with Crippen LogP contribution < -0.4 is 5.73 Å². The maximum Gasteiger partial charge on any atom is 0.242 e. The third-order valence-electron chi connectivity index (χ3n) is 4.45. The van der Waals surface area contributed by atoms with Gasteiger partial charge in [-0.3, -0.25) is 4.79 Å². The SMILES string of the molecule is CC1CCCC(N)(C(=O)N2CCN(S(C)(=O)=O)CC2)C1. The van der Waals surface area contributed by atoms with Gasteiger partial charge < -0.3 is 10.6 Å². The summed E-state index contributed by atoms with van der Waals surface area (Å²) in [6.45, 7) is 3.76. The zero-order valence-corrected chi connectivity index (χ0v) is 13.2. The number of hydrogen-bond acceptors (Lipinski definition) is 4. The van der Waals surface area contributed by atoms with Crippen LogP contribution >= 0.6 is 0 Å². The van der Waals surface area contributed by atoms with Crippen LogP contribution in [0.25, 0.3) is 0 Å². The standard InChI is InChI=1S/C13H25N3O3S/c1-11-4-3-5-13(14,10-11)12(17)15-6-8-16(9-7-15)20(2,18)19/h11H,3-10,14H2,1-2H3. The van der Waals surface area contributed by atoms with Crippen LogP contribution in [0.1, 0.15) is 32.6 Å². The van der Waals surface area contributed by atoms with E-state index >= 15 is 0 Å². The molecular weight excluding hydrogens is 278 g/mol. The van der Waals surface area contributed by atoms with Crippen molar-refractivity contribution < 1.29 is 13.2 Å². The Morgan fingerprint density at radius 3 is 2.35 bits per heavy atom. The third-order valence-corrected chi connectivity index (χ3v) is 5.76. The van der Waals surface area contributed by atoms with Crippen LogP contribution in [0.2, 0.25) is 0 Å². The third kappa shape index (κ3) is 3.32. The molecule has 20 heavy (non-hydrogen) atoms. The second-order valence-electron chi connectivity index (χ2n) is 6.31. The Balaban J connectivity index is 1.98. The largest absolute Gasteiger partial charge is 0.338 e. The molecule has 0 bridgehead atoms. The minimum Gasteiger partial charge on any atom is -0.338 e. The summed E-state index contributed by atoms with van der Waals surface area (Å²) in [5, 5.41) is 0. The first kappa shape index (κ1) is 15.7. The summed E-state index contributed by atoms with van der Waals surface area (Å²) < 4.78 is 24.4. The van der Waals surface area contributed by atoms with Crippen molar-refractivity contribution in [2.75, 3.05) is 32.4 Å². The molecule has 2 aliphatic rings. The highest BCUT2D eigenvalue weighted by molar-refractivity contribution is 7.88. The molecule has 1 aliphatic heterocycles. The van der Waals surface area contributed by atoms with Gasteiger partial charge in [0.25, 0.3) is 0 Å². The van der Waals surface area contributed by atoms with E-state index in [1.54, 1.807) is 4.90 Å². The highest BCUT2D eigenvalue weighted by Gasteiger charge is 2.41. The van der Waals surface area contributed by atoms with Crippen LogP contribution in [-0.4, -0.2) is 61.5 Å². The predicted molar refractivity (Wildman–Crippen MR) is 77.5 cm³/mol. The summed E-state index contributed by atoms with van der Waals surface area (Å²) in [5.74, 6) is 0.479. The fourth-order valence-electron chi connectivity index (χ4n) is 3.32. The molecule has 1 aliphatic carbocycles. The molecule has 0 aromatic rings. The Hall–Kier alpha value is -0.660. The smallest absolute Gasteiger partial charge is 0.242 e. The molecule has 2 rings (SSSR count). The average Bonchev–Trinajstić information content (AvgIpc) is 2.37. The monoisotopic (exact) mass is 303 g/mol. The lowest BCUT2D eigenvalue weighted by Crippen LogP contribution is -2.61. The van der Waals surface area contributed by atoms with Crippen LogP contribution in [0.4, 0.5) is 0 Å². The van der Waals surface area contributed by atoms with Gasteiger partial charge in [0.2, 0.25) is 15.9 Å². The minimum absolute atomic E-state index is 0.00259. The summed E-state index contributed by atoms with van der Waals surface area (Å²) in [6.07, 6.45) is 4.80. The van der Waals surface area contributed by atoms with Gasteiger partial charge in [0.15, 0.2) is 0 Å². The molecule has 0 radical (unpaired) electrons. The van der Waals surface area contributed by atoms with Gasteiger partial charge in [0, 0.05) is 26.2 Å². The van der Waals surface area contributed by atoms with Gasteiger partial charge in [-0.25, -0.2) is 8.42 Å². The first-order valence-corrected chi connectivity index (χ1v) is 9.10. The highest BCUT2D eigenvalue weighted by atomic mass is 32.2. The Labute approximate surface area is 121 Å². The summed E-state index contributed by atoms with van der Waals surface area (Å²) >= 11 is 0. The van der Waals surface area contributed by atoms with E-state index in [-0.39, 0.29) is 5.91 Å². The molecule has 2 N–H and O–H groups in total.